The SMILES string of the molecule is CC1(C)CC(c2ccc(Br)cc2)=NN(CC2CC2)C1=O. The average molecular weight is 335 g/mol. The Morgan fingerprint density at radius 3 is 2.55 bits per heavy atom. The number of amides is 1. The molecule has 1 aliphatic heterocycles. The molecule has 1 aromatic carbocycles. The van der Waals surface area contributed by atoms with Gasteiger partial charge in [0, 0.05) is 17.4 Å². The quantitative estimate of drug-likeness (QED) is 0.826. The Hall–Kier alpha value is -1.16. The fraction of sp³-hybridized carbons (Fsp3) is 0.500. The van der Waals surface area contributed by atoms with Crippen LogP contribution in [0, 0.1) is 11.3 Å². The summed E-state index contributed by atoms with van der Waals surface area (Å²) < 4.78 is 1.06. The van der Waals surface area contributed by atoms with Gasteiger partial charge in [-0.05, 0) is 36.5 Å². The van der Waals surface area contributed by atoms with Crippen LogP contribution < -0.4 is 0 Å². The maximum atomic E-state index is 12.5. The standard InChI is InChI=1S/C16H19BrN2O/c1-16(2)9-14(12-5-7-13(17)8-6-12)18-19(15(16)20)10-11-3-4-11/h5-8,11H,3-4,9-10H2,1-2H3. The first-order chi connectivity index (χ1) is 9.45. The monoisotopic (exact) mass is 334 g/mol. The maximum Gasteiger partial charge on any atom is 0.248 e. The Labute approximate surface area is 128 Å². The summed E-state index contributed by atoms with van der Waals surface area (Å²) in [5, 5.41) is 6.33. The van der Waals surface area contributed by atoms with Crippen LogP contribution in [0.5, 0.6) is 0 Å². The number of halogens is 1. The maximum absolute atomic E-state index is 12.5. The minimum absolute atomic E-state index is 0.158. The van der Waals surface area contributed by atoms with E-state index in [1.807, 2.05) is 26.0 Å². The molecule has 0 N–H and O–H groups in total. The lowest BCUT2D eigenvalue weighted by Crippen LogP contribution is -2.44. The minimum Gasteiger partial charge on any atom is -0.272 e. The molecule has 3 rings (SSSR count). The second-order valence-electron chi connectivity index (χ2n) is 6.44. The third-order valence-electron chi connectivity index (χ3n) is 3.97. The number of benzene rings is 1. The largest absolute Gasteiger partial charge is 0.272 e. The number of rotatable bonds is 3. The summed E-state index contributed by atoms with van der Waals surface area (Å²) in [6.45, 7) is 4.81. The summed E-state index contributed by atoms with van der Waals surface area (Å²) in [7, 11) is 0. The molecule has 0 unspecified atom stereocenters. The fourth-order valence-electron chi connectivity index (χ4n) is 2.54. The van der Waals surface area contributed by atoms with Gasteiger partial charge in [0.05, 0.1) is 11.1 Å². The molecule has 0 bridgehead atoms. The van der Waals surface area contributed by atoms with E-state index < -0.39 is 0 Å². The van der Waals surface area contributed by atoms with Gasteiger partial charge in [-0.2, -0.15) is 5.10 Å². The smallest absolute Gasteiger partial charge is 0.248 e. The normalized spacial score (nSPS) is 21.9. The highest BCUT2D eigenvalue weighted by Gasteiger charge is 2.39. The molecule has 1 fully saturated rings. The van der Waals surface area contributed by atoms with E-state index in [1.54, 1.807) is 5.01 Å². The Morgan fingerprint density at radius 2 is 1.95 bits per heavy atom. The van der Waals surface area contributed by atoms with Crippen LogP contribution in [-0.2, 0) is 4.79 Å². The molecule has 0 atom stereocenters. The van der Waals surface area contributed by atoms with Gasteiger partial charge < -0.3 is 0 Å². The van der Waals surface area contributed by atoms with E-state index in [9.17, 15) is 4.79 Å². The van der Waals surface area contributed by atoms with Crippen molar-refractivity contribution in [2.24, 2.45) is 16.4 Å². The van der Waals surface area contributed by atoms with E-state index in [-0.39, 0.29) is 11.3 Å². The second kappa shape index (κ2) is 4.99. The summed E-state index contributed by atoms with van der Waals surface area (Å²) in [5.41, 5.74) is 1.76. The molecule has 1 heterocycles. The van der Waals surface area contributed by atoms with Crippen LogP contribution in [-0.4, -0.2) is 23.2 Å². The third kappa shape index (κ3) is 2.80. The van der Waals surface area contributed by atoms with Crippen molar-refractivity contribution in [3.8, 4) is 0 Å². The van der Waals surface area contributed by atoms with Crippen LogP contribution >= 0.6 is 15.9 Å². The first-order valence-corrected chi connectivity index (χ1v) is 7.90. The number of carbonyl (C=O) groups excluding carboxylic acids is 1. The number of hydrogen-bond acceptors (Lipinski definition) is 2. The molecule has 3 nitrogen and oxygen atoms in total. The van der Waals surface area contributed by atoms with Crippen molar-refractivity contribution in [2.45, 2.75) is 33.1 Å². The van der Waals surface area contributed by atoms with Crippen molar-refractivity contribution in [2.75, 3.05) is 6.54 Å². The Bertz CT molecular complexity index is 558. The molecule has 106 valence electrons. The molecular weight excluding hydrogens is 316 g/mol. The van der Waals surface area contributed by atoms with Gasteiger partial charge in [0.2, 0.25) is 5.91 Å². The number of carbonyl (C=O) groups is 1. The van der Waals surface area contributed by atoms with E-state index in [0.717, 1.165) is 22.3 Å². The zero-order valence-corrected chi connectivity index (χ0v) is 13.5. The highest BCUT2D eigenvalue weighted by atomic mass is 79.9. The summed E-state index contributed by atoms with van der Waals surface area (Å²) >= 11 is 3.45. The predicted octanol–water partition coefficient (Wildman–Crippen LogP) is 3.82. The van der Waals surface area contributed by atoms with Gasteiger partial charge in [-0.1, -0.05) is 41.9 Å². The zero-order chi connectivity index (χ0) is 14.3. The molecule has 0 spiro atoms. The molecule has 1 aromatic rings. The van der Waals surface area contributed by atoms with Crippen LogP contribution in [0.4, 0.5) is 0 Å². The first kappa shape index (κ1) is 13.8. The third-order valence-corrected chi connectivity index (χ3v) is 4.50. The van der Waals surface area contributed by atoms with E-state index in [0.29, 0.717) is 12.3 Å². The average Bonchev–Trinajstić information content (AvgIpc) is 3.19. The van der Waals surface area contributed by atoms with Gasteiger partial charge >= 0.3 is 0 Å². The zero-order valence-electron chi connectivity index (χ0n) is 11.9. The molecular formula is C16H19BrN2O. The van der Waals surface area contributed by atoms with E-state index >= 15 is 0 Å². The van der Waals surface area contributed by atoms with Gasteiger partial charge in [-0.3, -0.25) is 4.79 Å². The molecule has 1 aliphatic carbocycles. The lowest BCUT2D eigenvalue weighted by atomic mass is 9.83. The van der Waals surface area contributed by atoms with Crippen LogP contribution in [0.1, 0.15) is 38.7 Å². The van der Waals surface area contributed by atoms with Crippen molar-refractivity contribution in [3.05, 3.63) is 34.3 Å². The van der Waals surface area contributed by atoms with Gasteiger partial charge in [-0.25, -0.2) is 5.01 Å². The molecule has 1 amide bonds. The van der Waals surface area contributed by atoms with E-state index in [2.05, 4.69) is 33.2 Å². The molecule has 20 heavy (non-hydrogen) atoms. The van der Waals surface area contributed by atoms with Gasteiger partial charge in [0.1, 0.15) is 0 Å². The highest BCUT2D eigenvalue weighted by molar-refractivity contribution is 9.10. The topological polar surface area (TPSA) is 32.7 Å². The van der Waals surface area contributed by atoms with Crippen LogP contribution in [0.3, 0.4) is 0 Å². The van der Waals surface area contributed by atoms with Crippen LogP contribution in [0.2, 0.25) is 0 Å². The Morgan fingerprint density at radius 1 is 1.30 bits per heavy atom. The van der Waals surface area contributed by atoms with Crippen molar-refractivity contribution in [1.82, 2.24) is 5.01 Å². The predicted molar refractivity (Wildman–Crippen MR) is 83.5 cm³/mol. The van der Waals surface area contributed by atoms with Gasteiger partial charge in [0.15, 0.2) is 0 Å². The lowest BCUT2D eigenvalue weighted by Gasteiger charge is -2.34. The van der Waals surface area contributed by atoms with E-state index in [1.165, 1.54) is 12.8 Å². The summed E-state index contributed by atoms with van der Waals surface area (Å²) in [6, 6.07) is 8.16. The lowest BCUT2D eigenvalue weighted by molar-refractivity contribution is -0.141. The van der Waals surface area contributed by atoms with Crippen molar-refractivity contribution in [1.29, 1.82) is 0 Å². The molecule has 0 radical (unpaired) electrons. The van der Waals surface area contributed by atoms with Crippen molar-refractivity contribution in [3.63, 3.8) is 0 Å². The van der Waals surface area contributed by atoms with Crippen molar-refractivity contribution >= 4 is 27.5 Å². The minimum atomic E-state index is -0.362. The van der Waals surface area contributed by atoms with Crippen LogP contribution in [0.15, 0.2) is 33.8 Å². The van der Waals surface area contributed by atoms with Crippen molar-refractivity contribution < 1.29 is 4.79 Å². The Balaban J connectivity index is 1.91. The molecule has 0 saturated heterocycles. The van der Waals surface area contributed by atoms with Gasteiger partial charge in [-0.15, -0.1) is 0 Å². The number of nitrogens with zero attached hydrogens (tertiary/aromatic N) is 2. The van der Waals surface area contributed by atoms with Crippen LogP contribution in [0.25, 0.3) is 0 Å². The highest BCUT2D eigenvalue weighted by Crippen LogP contribution is 2.35. The summed E-state index contributed by atoms with van der Waals surface area (Å²) in [5.74, 6) is 0.813. The molecule has 0 aromatic heterocycles. The fourth-order valence-corrected chi connectivity index (χ4v) is 2.81. The van der Waals surface area contributed by atoms with E-state index in [4.69, 9.17) is 0 Å². The Kier molecular flexibility index (Phi) is 3.44. The summed E-state index contributed by atoms with van der Waals surface area (Å²) in [6.07, 6.45) is 3.16. The molecule has 2 aliphatic rings. The van der Waals surface area contributed by atoms with Gasteiger partial charge in [0.25, 0.3) is 0 Å². The first-order valence-electron chi connectivity index (χ1n) is 7.11. The second-order valence-corrected chi connectivity index (χ2v) is 7.36. The number of hydrazone groups is 1. The molecule has 4 heteroatoms. The summed E-state index contributed by atoms with van der Waals surface area (Å²) in [4.78, 5) is 12.5. The molecule has 1 saturated carbocycles. The number of hydrogen-bond donors (Lipinski definition) is 0.